The van der Waals surface area contributed by atoms with E-state index in [0.717, 1.165) is 4.57 Å². The number of hydrogen-bond acceptors (Lipinski definition) is 1. The number of rotatable bonds is 4. The first kappa shape index (κ1) is 14.4. The summed E-state index contributed by atoms with van der Waals surface area (Å²) in [7, 11) is 0. The molecule has 1 aromatic carbocycles. The Kier molecular flexibility index (Phi) is 3.92. The van der Waals surface area contributed by atoms with Gasteiger partial charge in [0.1, 0.15) is 5.82 Å². The molecule has 0 N–H and O–H groups in total. The topological polar surface area (TPSA) is 17.8 Å². The summed E-state index contributed by atoms with van der Waals surface area (Å²) in [6.07, 6.45) is -3.76. The van der Waals surface area contributed by atoms with Crippen LogP contribution in [-0.4, -0.2) is 21.9 Å². The van der Waals surface area contributed by atoms with Crippen LogP contribution in [0.15, 0.2) is 18.2 Å². The lowest BCUT2D eigenvalue weighted by atomic mass is 10.3. The third-order valence-electron chi connectivity index (χ3n) is 2.60. The van der Waals surface area contributed by atoms with Gasteiger partial charge in [-0.2, -0.15) is 8.78 Å². The summed E-state index contributed by atoms with van der Waals surface area (Å²) in [4.78, 5) is 4.01. The van der Waals surface area contributed by atoms with E-state index in [9.17, 15) is 17.6 Å². The minimum atomic E-state index is -4.16. The first-order valence-corrected chi connectivity index (χ1v) is 6.13. The maximum atomic E-state index is 13.2. The molecular weight excluding hydrogens is 307 g/mol. The summed E-state index contributed by atoms with van der Waals surface area (Å²) in [5, 5.41) is 0.301. The van der Waals surface area contributed by atoms with E-state index in [1.165, 1.54) is 18.2 Å². The molecule has 19 heavy (non-hydrogen) atoms. The smallest absolute Gasteiger partial charge is 0.321 e. The number of imidazole rings is 1. The van der Waals surface area contributed by atoms with Crippen molar-refractivity contribution in [3.8, 4) is 0 Å². The second-order valence-electron chi connectivity index (χ2n) is 3.94. The zero-order chi connectivity index (χ0) is 14.2. The summed E-state index contributed by atoms with van der Waals surface area (Å²) < 4.78 is 51.9. The molecular formula is C11H8Cl2F4N2. The van der Waals surface area contributed by atoms with Crippen LogP contribution >= 0.6 is 23.2 Å². The fourth-order valence-corrected chi connectivity index (χ4v) is 2.07. The lowest BCUT2D eigenvalue weighted by Gasteiger charge is -2.17. The van der Waals surface area contributed by atoms with Crippen molar-refractivity contribution in [1.82, 2.24) is 9.55 Å². The van der Waals surface area contributed by atoms with E-state index >= 15 is 0 Å². The van der Waals surface area contributed by atoms with Crippen molar-refractivity contribution < 1.29 is 17.6 Å². The second kappa shape index (κ2) is 5.17. The fourth-order valence-electron chi connectivity index (χ4n) is 1.70. The Morgan fingerprint density at radius 3 is 2.58 bits per heavy atom. The van der Waals surface area contributed by atoms with Crippen LogP contribution in [0.1, 0.15) is 5.82 Å². The molecule has 0 bridgehead atoms. The SMILES string of the molecule is FC(F)C(F)(F)Cn1c(CCl)nc2ccc(Cl)cc21. The van der Waals surface area contributed by atoms with Gasteiger partial charge in [0.15, 0.2) is 0 Å². The molecule has 2 aromatic rings. The average Bonchev–Trinajstić information content (AvgIpc) is 2.66. The van der Waals surface area contributed by atoms with Crippen LogP contribution in [0.25, 0.3) is 11.0 Å². The number of halogens is 6. The predicted octanol–water partition coefficient (Wildman–Crippen LogP) is 4.33. The summed E-state index contributed by atoms with van der Waals surface area (Å²) in [5.74, 6) is -4.22. The fraction of sp³-hybridized carbons (Fsp3) is 0.364. The van der Waals surface area contributed by atoms with Gasteiger partial charge >= 0.3 is 12.3 Å². The lowest BCUT2D eigenvalue weighted by molar-refractivity contribution is -0.137. The summed E-state index contributed by atoms with van der Waals surface area (Å²) in [5.41, 5.74) is 0.633. The standard InChI is InChI=1S/C11H8Cl2F4N2/c12-4-9-18-7-2-1-6(13)3-8(7)19(9)5-11(16,17)10(14)15/h1-3,10H,4-5H2. The van der Waals surface area contributed by atoms with Crippen molar-refractivity contribution in [2.24, 2.45) is 0 Å². The van der Waals surface area contributed by atoms with E-state index in [1.54, 1.807) is 0 Å². The summed E-state index contributed by atoms with van der Waals surface area (Å²) in [6.45, 7) is -1.19. The molecule has 2 nitrogen and oxygen atoms in total. The van der Waals surface area contributed by atoms with Gasteiger partial charge in [0, 0.05) is 5.02 Å². The molecule has 0 atom stereocenters. The number of benzene rings is 1. The highest BCUT2D eigenvalue weighted by molar-refractivity contribution is 6.31. The number of alkyl halides is 5. The first-order chi connectivity index (χ1) is 8.85. The van der Waals surface area contributed by atoms with Crippen LogP contribution in [-0.2, 0) is 12.4 Å². The third kappa shape index (κ3) is 2.79. The van der Waals surface area contributed by atoms with E-state index < -0.39 is 18.9 Å². The van der Waals surface area contributed by atoms with Crippen LogP contribution in [0.4, 0.5) is 17.6 Å². The van der Waals surface area contributed by atoms with Gasteiger partial charge in [0.25, 0.3) is 0 Å². The summed E-state index contributed by atoms with van der Waals surface area (Å²) in [6, 6.07) is 4.44. The molecule has 8 heteroatoms. The monoisotopic (exact) mass is 314 g/mol. The van der Waals surface area contributed by atoms with E-state index in [4.69, 9.17) is 23.2 Å². The number of aromatic nitrogens is 2. The quantitative estimate of drug-likeness (QED) is 0.606. The van der Waals surface area contributed by atoms with Crippen molar-refractivity contribution in [3.63, 3.8) is 0 Å². The Hall–Kier alpha value is -1.01. The predicted molar refractivity (Wildman–Crippen MR) is 65.3 cm³/mol. The number of hydrogen-bond donors (Lipinski definition) is 0. The van der Waals surface area contributed by atoms with Crippen molar-refractivity contribution in [3.05, 3.63) is 29.0 Å². The lowest BCUT2D eigenvalue weighted by Crippen LogP contribution is -2.32. The molecule has 0 aliphatic carbocycles. The molecule has 1 aromatic heterocycles. The molecule has 0 amide bonds. The molecule has 104 valence electrons. The highest BCUT2D eigenvalue weighted by Crippen LogP contribution is 2.29. The number of fused-ring (bicyclic) bond motifs is 1. The Morgan fingerprint density at radius 2 is 2.00 bits per heavy atom. The van der Waals surface area contributed by atoms with Gasteiger partial charge in [0.2, 0.25) is 0 Å². The molecule has 0 fully saturated rings. The first-order valence-electron chi connectivity index (χ1n) is 5.22. The van der Waals surface area contributed by atoms with Crippen LogP contribution < -0.4 is 0 Å². The molecule has 0 spiro atoms. The van der Waals surface area contributed by atoms with Crippen LogP contribution in [0.3, 0.4) is 0 Å². The van der Waals surface area contributed by atoms with Gasteiger partial charge in [-0.15, -0.1) is 11.6 Å². The molecule has 0 unspecified atom stereocenters. The Morgan fingerprint density at radius 1 is 1.32 bits per heavy atom. The van der Waals surface area contributed by atoms with E-state index in [2.05, 4.69) is 4.98 Å². The Balaban J connectivity index is 2.54. The van der Waals surface area contributed by atoms with Crippen LogP contribution in [0, 0.1) is 0 Å². The molecule has 0 saturated carbocycles. The molecule has 0 aliphatic heterocycles. The van der Waals surface area contributed by atoms with Crippen molar-refractivity contribution >= 4 is 34.2 Å². The molecule has 0 radical (unpaired) electrons. The zero-order valence-electron chi connectivity index (χ0n) is 9.39. The largest absolute Gasteiger partial charge is 0.324 e. The van der Waals surface area contributed by atoms with Gasteiger partial charge in [-0.25, -0.2) is 13.8 Å². The Labute approximate surface area is 115 Å². The van der Waals surface area contributed by atoms with Crippen LogP contribution in [0.5, 0.6) is 0 Å². The molecule has 1 heterocycles. The van der Waals surface area contributed by atoms with E-state index in [1.807, 2.05) is 0 Å². The van der Waals surface area contributed by atoms with Gasteiger partial charge in [0.05, 0.1) is 23.5 Å². The maximum absolute atomic E-state index is 13.2. The highest BCUT2D eigenvalue weighted by Gasteiger charge is 2.41. The molecule has 0 saturated heterocycles. The second-order valence-corrected chi connectivity index (χ2v) is 4.65. The number of nitrogens with zero attached hydrogens (tertiary/aromatic N) is 2. The van der Waals surface area contributed by atoms with Crippen molar-refractivity contribution in [2.75, 3.05) is 0 Å². The minimum Gasteiger partial charge on any atom is -0.321 e. The van der Waals surface area contributed by atoms with E-state index in [0.29, 0.717) is 10.5 Å². The molecule has 0 aliphatic rings. The maximum Gasteiger partial charge on any atom is 0.324 e. The zero-order valence-corrected chi connectivity index (χ0v) is 10.9. The summed E-state index contributed by atoms with van der Waals surface area (Å²) >= 11 is 11.4. The van der Waals surface area contributed by atoms with Crippen LogP contribution in [0.2, 0.25) is 5.02 Å². The van der Waals surface area contributed by atoms with Gasteiger partial charge in [-0.3, -0.25) is 0 Å². The van der Waals surface area contributed by atoms with Gasteiger partial charge < -0.3 is 4.57 Å². The molecule has 2 rings (SSSR count). The third-order valence-corrected chi connectivity index (χ3v) is 3.07. The van der Waals surface area contributed by atoms with Crippen molar-refractivity contribution in [2.45, 2.75) is 24.8 Å². The normalized spacial score (nSPS) is 12.6. The highest BCUT2D eigenvalue weighted by atomic mass is 35.5. The average molecular weight is 315 g/mol. The minimum absolute atomic E-state index is 0.0965. The van der Waals surface area contributed by atoms with Crippen molar-refractivity contribution in [1.29, 1.82) is 0 Å². The van der Waals surface area contributed by atoms with Gasteiger partial charge in [-0.05, 0) is 18.2 Å². The Bertz CT molecular complexity index is 598. The van der Waals surface area contributed by atoms with Gasteiger partial charge in [-0.1, -0.05) is 11.6 Å². The van der Waals surface area contributed by atoms with E-state index in [-0.39, 0.29) is 17.2 Å².